The molecule has 0 aliphatic rings. The molecule has 1 rings (SSSR count). The second-order valence-electron chi connectivity index (χ2n) is 3.29. The second kappa shape index (κ2) is 6.31. The van der Waals surface area contributed by atoms with E-state index in [0.29, 0.717) is 11.8 Å². The summed E-state index contributed by atoms with van der Waals surface area (Å²) in [7, 11) is 0. The molecule has 0 aliphatic carbocycles. The molecule has 0 spiro atoms. The standard InChI is InChI=1S/C12H16Cl2/c1-2-10-4-3-5-11(6-8-13)12(10)7-9-14/h3-5H,2,6-9H2,1H3. The van der Waals surface area contributed by atoms with Crippen molar-refractivity contribution in [2.45, 2.75) is 26.2 Å². The fourth-order valence-electron chi connectivity index (χ4n) is 1.77. The summed E-state index contributed by atoms with van der Waals surface area (Å²) >= 11 is 11.6. The van der Waals surface area contributed by atoms with Crippen molar-refractivity contribution in [2.24, 2.45) is 0 Å². The minimum absolute atomic E-state index is 0.683. The van der Waals surface area contributed by atoms with Crippen molar-refractivity contribution >= 4 is 23.2 Å². The van der Waals surface area contributed by atoms with Crippen molar-refractivity contribution in [2.75, 3.05) is 11.8 Å². The topological polar surface area (TPSA) is 0 Å². The van der Waals surface area contributed by atoms with E-state index in [9.17, 15) is 0 Å². The molecule has 0 amide bonds. The lowest BCUT2D eigenvalue weighted by atomic mass is 9.96. The summed E-state index contributed by atoms with van der Waals surface area (Å²) in [6, 6.07) is 6.45. The van der Waals surface area contributed by atoms with Gasteiger partial charge in [-0.2, -0.15) is 0 Å². The first-order chi connectivity index (χ1) is 6.83. The number of hydrogen-bond acceptors (Lipinski definition) is 0. The number of halogens is 2. The molecule has 0 saturated heterocycles. The summed E-state index contributed by atoms with van der Waals surface area (Å²) in [6.07, 6.45) is 2.97. The van der Waals surface area contributed by atoms with E-state index in [-0.39, 0.29) is 0 Å². The van der Waals surface area contributed by atoms with Crippen molar-refractivity contribution in [1.29, 1.82) is 0 Å². The van der Waals surface area contributed by atoms with Gasteiger partial charge >= 0.3 is 0 Å². The molecule has 0 aromatic heterocycles. The monoisotopic (exact) mass is 230 g/mol. The minimum Gasteiger partial charge on any atom is -0.126 e. The first-order valence-corrected chi connectivity index (χ1v) is 6.12. The predicted molar refractivity (Wildman–Crippen MR) is 64.7 cm³/mol. The van der Waals surface area contributed by atoms with Crippen LogP contribution < -0.4 is 0 Å². The number of rotatable bonds is 5. The molecule has 0 radical (unpaired) electrons. The van der Waals surface area contributed by atoms with Crippen LogP contribution in [0.2, 0.25) is 0 Å². The van der Waals surface area contributed by atoms with Gasteiger partial charge in [0.25, 0.3) is 0 Å². The fourth-order valence-corrected chi connectivity index (χ4v) is 2.16. The molecule has 0 nitrogen and oxygen atoms in total. The largest absolute Gasteiger partial charge is 0.126 e. The first-order valence-electron chi connectivity index (χ1n) is 5.05. The quantitative estimate of drug-likeness (QED) is 0.676. The lowest BCUT2D eigenvalue weighted by molar-refractivity contribution is 0.987. The maximum atomic E-state index is 5.80. The Morgan fingerprint density at radius 1 is 1.00 bits per heavy atom. The number of aryl methyl sites for hydroxylation is 2. The number of hydrogen-bond donors (Lipinski definition) is 0. The van der Waals surface area contributed by atoms with Crippen LogP contribution in [-0.4, -0.2) is 11.8 Å². The van der Waals surface area contributed by atoms with Gasteiger partial charge in [0.2, 0.25) is 0 Å². The van der Waals surface area contributed by atoms with Crippen LogP contribution in [0.15, 0.2) is 18.2 Å². The van der Waals surface area contributed by atoms with Crippen LogP contribution in [0.3, 0.4) is 0 Å². The van der Waals surface area contributed by atoms with Crippen LogP contribution in [0.25, 0.3) is 0 Å². The third kappa shape index (κ3) is 2.90. The number of alkyl halides is 2. The van der Waals surface area contributed by atoms with E-state index in [1.54, 1.807) is 0 Å². The molecular formula is C12H16Cl2. The van der Waals surface area contributed by atoms with E-state index in [4.69, 9.17) is 23.2 Å². The van der Waals surface area contributed by atoms with Crippen LogP contribution in [0.1, 0.15) is 23.6 Å². The van der Waals surface area contributed by atoms with E-state index in [2.05, 4.69) is 25.1 Å². The highest BCUT2D eigenvalue weighted by Crippen LogP contribution is 2.18. The summed E-state index contributed by atoms with van der Waals surface area (Å²) in [5.41, 5.74) is 4.18. The normalized spacial score (nSPS) is 10.5. The van der Waals surface area contributed by atoms with Gasteiger partial charge < -0.3 is 0 Å². The van der Waals surface area contributed by atoms with Crippen molar-refractivity contribution < 1.29 is 0 Å². The van der Waals surface area contributed by atoms with Gasteiger partial charge in [-0.05, 0) is 36.0 Å². The van der Waals surface area contributed by atoms with Crippen molar-refractivity contribution in [3.63, 3.8) is 0 Å². The Bertz CT molecular complexity index is 282. The molecule has 1 aromatic rings. The Labute approximate surface area is 96.2 Å². The predicted octanol–water partition coefficient (Wildman–Crippen LogP) is 3.81. The Balaban J connectivity index is 3.00. The van der Waals surface area contributed by atoms with Gasteiger partial charge in [-0.1, -0.05) is 25.1 Å². The lowest BCUT2D eigenvalue weighted by Gasteiger charge is -2.11. The van der Waals surface area contributed by atoms with Gasteiger partial charge in [0.15, 0.2) is 0 Å². The van der Waals surface area contributed by atoms with Gasteiger partial charge in [0.1, 0.15) is 0 Å². The Morgan fingerprint density at radius 2 is 1.64 bits per heavy atom. The Hall–Kier alpha value is -0.200. The molecular weight excluding hydrogens is 215 g/mol. The molecule has 78 valence electrons. The molecule has 2 heteroatoms. The van der Waals surface area contributed by atoms with Gasteiger partial charge in [0, 0.05) is 11.8 Å². The second-order valence-corrected chi connectivity index (χ2v) is 4.04. The van der Waals surface area contributed by atoms with Crippen LogP contribution in [0, 0.1) is 0 Å². The molecule has 1 aromatic carbocycles. The SMILES string of the molecule is CCc1cccc(CCCl)c1CCCl. The Kier molecular flexibility index (Phi) is 5.36. The van der Waals surface area contributed by atoms with E-state index >= 15 is 0 Å². The molecule has 0 unspecified atom stereocenters. The average Bonchev–Trinajstić information content (AvgIpc) is 2.21. The first kappa shape index (κ1) is 11.9. The molecule has 14 heavy (non-hydrogen) atoms. The summed E-state index contributed by atoms with van der Waals surface area (Å²) in [5.74, 6) is 1.37. The maximum absolute atomic E-state index is 5.80. The zero-order valence-corrected chi connectivity index (χ0v) is 10.0. The van der Waals surface area contributed by atoms with Gasteiger partial charge in [-0.25, -0.2) is 0 Å². The molecule has 0 fully saturated rings. The van der Waals surface area contributed by atoms with Crippen LogP contribution in [0.4, 0.5) is 0 Å². The summed E-state index contributed by atoms with van der Waals surface area (Å²) < 4.78 is 0. The summed E-state index contributed by atoms with van der Waals surface area (Å²) in [4.78, 5) is 0. The summed E-state index contributed by atoms with van der Waals surface area (Å²) in [6.45, 7) is 2.18. The molecule has 0 bridgehead atoms. The van der Waals surface area contributed by atoms with Gasteiger partial charge in [-0.15, -0.1) is 23.2 Å². The maximum Gasteiger partial charge on any atom is 0.0264 e. The van der Waals surface area contributed by atoms with Crippen molar-refractivity contribution in [1.82, 2.24) is 0 Å². The van der Waals surface area contributed by atoms with E-state index in [1.165, 1.54) is 16.7 Å². The van der Waals surface area contributed by atoms with E-state index < -0.39 is 0 Å². The molecule has 0 atom stereocenters. The lowest BCUT2D eigenvalue weighted by Crippen LogP contribution is -2.01. The minimum atomic E-state index is 0.683. The van der Waals surface area contributed by atoms with Gasteiger partial charge in [-0.3, -0.25) is 0 Å². The Morgan fingerprint density at radius 3 is 2.21 bits per heavy atom. The van der Waals surface area contributed by atoms with Crippen LogP contribution in [-0.2, 0) is 19.3 Å². The molecule has 0 aliphatic heterocycles. The average molecular weight is 231 g/mol. The molecule has 0 N–H and O–H groups in total. The molecule has 0 saturated carbocycles. The highest BCUT2D eigenvalue weighted by Gasteiger charge is 2.05. The summed E-state index contributed by atoms with van der Waals surface area (Å²) in [5, 5.41) is 0. The van der Waals surface area contributed by atoms with Gasteiger partial charge in [0.05, 0.1) is 0 Å². The fraction of sp³-hybridized carbons (Fsp3) is 0.500. The van der Waals surface area contributed by atoms with Crippen molar-refractivity contribution in [3.05, 3.63) is 34.9 Å². The third-order valence-corrected chi connectivity index (χ3v) is 2.84. The molecule has 0 heterocycles. The van der Waals surface area contributed by atoms with Crippen LogP contribution >= 0.6 is 23.2 Å². The zero-order chi connectivity index (χ0) is 10.4. The van der Waals surface area contributed by atoms with E-state index in [0.717, 1.165) is 19.3 Å². The van der Waals surface area contributed by atoms with Crippen molar-refractivity contribution in [3.8, 4) is 0 Å². The third-order valence-electron chi connectivity index (χ3n) is 2.46. The highest BCUT2D eigenvalue weighted by atomic mass is 35.5. The highest BCUT2D eigenvalue weighted by molar-refractivity contribution is 6.18. The number of benzene rings is 1. The smallest absolute Gasteiger partial charge is 0.0264 e. The van der Waals surface area contributed by atoms with Crippen LogP contribution in [0.5, 0.6) is 0 Å². The van der Waals surface area contributed by atoms with E-state index in [1.807, 2.05) is 0 Å². The zero-order valence-electron chi connectivity index (χ0n) is 8.52.